The Balaban J connectivity index is 2.23. The van der Waals surface area contributed by atoms with Gasteiger partial charge in [0.1, 0.15) is 0 Å². The number of thioether (sulfide) groups is 1. The SMILES string of the molecule is C#Cc1ccc(C2=NN=C(NC)SC2)cc1. The highest BCUT2D eigenvalue weighted by atomic mass is 32.2. The van der Waals surface area contributed by atoms with Gasteiger partial charge >= 0.3 is 0 Å². The number of benzene rings is 1. The van der Waals surface area contributed by atoms with Crippen molar-refractivity contribution in [1.29, 1.82) is 0 Å². The largest absolute Gasteiger partial charge is 0.366 e. The molecule has 0 fully saturated rings. The second-order valence-corrected chi connectivity index (χ2v) is 4.18. The summed E-state index contributed by atoms with van der Waals surface area (Å²) in [5.74, 6) is 3.42. The summed E-state index contributed by atoms with van der Waals surface area (Å²) in [7, 11) is 1.84. The summed E-state index contributed by atoms with van der Waals surface area (Å²) in [6.45, 7) is 0. The Kier molecular flexibility index (Phi) is 3.28. The van der Waals surface area contributed by atoms with E-state index in [0.717, 1.165) is 27.8 Å². The van der Waals surface area contributed by atoms with Crippen LogP contribution in [0.3, 0.4) is 0 Å². The van der Waals surface area contributed by atoms with Gasteiger partial charge in [-0.3, -0.25) is 0 Å². The van der Waals surface area contributed by atoms with Crippen LogP contribution < -0.4 is 5.32 Å². The normalized spacial score (nSPS) is 14.8. The molecule has 4 heteroatoms. The monoisotopic (exact) mass is 229 g/mol. The third-order valence-corrected chi connectivity index (χ3v) is 3.18. The van der Waals surface area contributed by atoms with Crippen LogP contribution in [0, 0.1) is 12.3 Å². The number of terminal acetylenes is 1. The molecule has 16 heavy (non-hydrogen) atoms. The summed E-state index contributed by atoms with van der Waals surface area (Å²) >= 11 is 1.64. The van der Waals surface area contributed by atoms with Gasteiger partial charge in [-0.25, -0.2) is 0 Å². The average Bonchev–Trinajstić information content (AvgIpc) is 2.39. The molecule has 80 valence electrons. The van der Waals surface area contributed by atoms with Gasteiger partial charge < -0.3 is 5.32 Å². The van der Waals surface area contributed by atoms with Crippen molar-refractivity contribution in [2.75, 3.05) is 12.8 Å². The fourth-order valence-electron chi connectivity index (χ4n) is 1.32. The smallest absolute Gasteiger partial charge is 0.183 e. The molecule has 3 nitrogen and oxygen atoms in total. The van der Waals surface area contributed by atoms with Gasteiger partial charge in [-0.05, 0) is 17.7 Å². The van der Waals surface area contributed by atoms with Gasteiger partial charge in [-0.15, -0.1) is 11.5 Å². The zero-order chi connectivity index (χ0) is 11.4. The predicted molar refractivity (Wildman–Crippen MR) is 69.9 cm³/mol. The number of rotatable bonds is 1. The standard InChI is InChI=1S/C12H11N3S/c1-3-9-4-6-10(7-5-9)11-8-16-12(13-2)15-14-11/h1,4-7H,8H2,2H3,(H,13,15). The first-order chi connectivity index (χ1) is 7.83. The Bertz CT molecular complexity index is 480. The number of hydrogen-bond donors (Lipinski definition) is 1. The molecule has 1 aromatic rings. The minimum atomic E-state index is 0.828. The molecule has 0 aromatic heterocycles. The zero-order valence-electron chi connectivity index (χ0n) is 8.90. The third kappa shape index (κ3) is 2.26. The van der Waals surface area contributed by atoms with Crippen LogP contribution in [0.2, 0.25) is 0 Å². The van der Waals surface area contributed by atoms with E-state index in [2.05, 4.69) is 21.4 Å². The minimum absolute atomic E-state index is 0.828. The lowest BCUT2D eigenvalue weighted by Crippen LogP contribution is -2.20. The minimum Gasteiger partial charge on any atom is -0.366 e. The molecule has 0 amide bonds. The summed E-state index contributed by atoms with van der Waals surface area (Å²) in [4.78, 5) is 0. The van der Waals surface area contributed by atoms with Crippen LogP contribution in [0.15, 0.2) is 34.5 Å². The van der Waals surface area contributed by atoms with E-state index in [9.17, 15) is 0 Å². The Morgan fingerprint density at radius 1 is 1.31 bits per heavy atom. The lowest BCUT2D eigenvalue weighted by molar-refractivity contribution is 1.13. The Labute approximate surface area is 99.0 Å². The molecule has 0 atom stereocenters. The van der Waals surface area contributed by atoms with Crippen LogP contribution in [0.1, 0.15) is 11.1 Å². The van der Waals surface area contributed by atoms with E-state index in [1.165, 1.54) is 0 Å². The number of hydrogen-bond acceptors (Lipinski definition) is 4. The van der Waals surface area contributed by atoms with Crippen LogP contribution in [0.25, 0.3) is 0 Å². The first kappa shape index (κ1) is 10.8. The van der Waals surface area contributed by atoms with E-state index in [-0.39, 0.29) is 0 Å². The molecule has 1 aromatic carbocycles. The van der Waals surface area contributed by atoms with Gasteiger partial charge in [0.05, 0.1) is 5.71 Å². The quantitative estimate of drug-likeness (QED) is 0.744. The van der Waals surface area contributed by atoms with Crippen LogP contribution in [-0.2, 0) is 0 Å². The topological polar surface area (TPSA) is 36.8 Å². The van der Waals surface area contributed by atoms with Crippen molar-refractivity contribution in [3.8, 4) is 12.3 Å². The predicted octanol–water partition coefficient (Wildman–Crippen LogP) is 1.69. The molecule has 1 aliphatic rings. The molecule has 0 aliphatic carbocycles. The van der Waals surface area contributed by atoms with Gasteiger partial charge in [-0.1, -0.05) is 29.8 Å². The summed E-state index contributed by atoms with van der Waals surface area (Å²) in [5, 5.41) is 12.1. The highest BCUT2D eigenvalue weighted by molar-refractivity contribution is 8.14. The highest BCUT2D eigenvalue weighted by Crippen LogP contribution is 2.14. The maximum Gasteiger partial charge on any atom is 0.183 e. The first-order valence-electron chi connectivity index (χ1n) is 4.85. The summed E-state index contributed by atoms with van der Waals surface area (Å²) in [6, 6.07) is 7.79. The molecule has 1 N–H and O–H groups in total. The average molecular weight is 229 g/mol. The lowest BCUT2D eigenvalue weighted by Gasteiger charge is -2.11. The fourth-order valence-corrected chi connectivity index (χ4v) is 2.06. The van der Waals surface area contributed by atoms with Gasteiger partial charge in [0.25, 0.3) is 0 Å². The van der Waals surface area contributed by atoms with Crippen LogP contribution in [0.5, 0.6) is 0 Å². The number of nitrogens with one attached hydrogen (secondary N) is 1. The first-order valence-corrected chi connectivity index (χ1v) is 5.84. The molecular weight excluding hydrogens is 218 g/mol. The Morgan fingerprint density at radius 2 is 2.06 bits per heavy atom. The van der Waals surface area contributed by atoms with E-state index in [0.29, 0.717) is 0 Å². The zero-order valence-corrected chi connectivity index (χ0v) is 9.71. The van der Waals surface area contributed by atoms with Crippen LogP contribution in [-0.4, -0.2) is 23.7 Å². The molecule has 0 bridgehead atoms. The third-order valence-electron chi connectivity index (χ3n) is 2.21. The van der Waals surface area contributed by atoms with Crippen molar-refractivity contribution in [2.45, 2.75) is 0 Å². The molecule has 0 saturated carbocycles. The molecule has 0 radical (unpaired) electrons. The molecule has 0 unspecified atom stereocenters. The van der Waals surface area contributed by atoms with Crippen molar-refractivity contribution >= 4 is 22.6 Å². The van der Waals surface area contributed by atoms with Gasteiger partial charge in [0.2, 0.25) is 0 Å². The van der Waals surface area contributed by atoms with Crippen molar-refractivity contribution in [3.63, 3.8) is 0 Å². The van der Waals surface area contributed by atoms with E-state index < -0.39 is 0 Å². The van der Waals surface area contributed by atoms with E-state index in [1.54, 1.807) is 11.8 Å². The maximum atomic E-state index is 5.30. The Hall–Kier alpha value is -1.73. The second kappa shape index (κ2) is 4.86. The van der Waals surface area contributed by atoms with E-state index in [1.807, 2.05) is 31.3 Å². The summed E-state index contributed by atoms with van der Waals surface area (Å²) in [5.41, 5.74) is 2.94. The molecular formula is C12H11N3S. The van der Waals surface area contributed by atoms with Crippen molar-refractivity contribution in [2.24, 2.45) is 10.2 Å². The van der Waals surface area contributed by atoms with Crippen molar-refractivity contribution in [3.05, 3.63) is 35.4 Å². The fraction of sp³-hybridized carbons (Fsp3) is 0.167. The molecule has 0 saturated heterocycles. The molecule has 0 spiro atoms. The van der Waals surface area contributed by atoms with Gasteiger partial charge in [-0.2, -0.15) is 5.10 Å². The molecule has 1 heterocycles. The molecule has 2 rings (SSSR count). The number of nitrogens with zero attached hydrogens (tertiary/aromatic N) is 2. The number of amidine groups is 1. The van der Waals surface area contributed by atoms with Crippen molar-refractivity contribution in [1.82, 2.24) is 5.32 Å². The van der Waals surface area contributed by atoms with Gasteiger partial charge in [0, 0.05) is 18.4 Å². The van der Waals surface area contributed by atoms with E-state index in [4.69, 9.17) is 6.42 Å². The molecule has 1 aliphatic heterocycles. The maximum absolute atomic E-state index is 5.30. The highest BCUT2D eigenvalue weighted by Gasteiger charge is 2.10. The summed E-state index contributed by atoms with van der Waals surface area (Å²) in [6.07, 6.45) is 5.30. The van der Waals surface area contributed by atoms with Crippen LogP contribution in [0.4, 0.5) is 0 Å². The van der Waals surface area contributed by atoms with E-state index >= 15 is 0 Å². The Morgan fingerprint density at radius 3 is 2.56 bits per heavy atom. The lowest BCUT2D eigenvalue weighted by atomic mass is 10.1. The summed E-state index contributed by atoms with van der Waals surface area (Å²) < 4.78 is 0. The van der Waals surface area contributed by atoms with Gasteiger partial charge in [0.15, 0.2) is 5.17 Å². The second-order valence-electron chi connectivity index (χ2n) is 3.21. The van der Waals surface area contributed by atoms with Crippen LogP contribution >= 0.6 is 11.8 Å². The van der Waals surface area contributed by atoms with Crippen molar-refractivity contribution < 1.29 is 0 Å².